The molecule has 0 atom stereocenters. The first-order valence-corrected chi connectivity index (χ1v) is 5.00. The van der Waals surface area contributed by atoms with Gasteiger partial charge in [0.1, 0.15) is 17.5 Å². The normalized spacial score (nSPS) is 10.2. The van der Waals surface area contributed by atoms with E-state index in [4.69, 9.17) is 5.11 Å². The lowest BCUT2D eigenvalue weighted by Gasteiger charge is -2.08. The van der Waals surface area contributed by atoms with Crippen LogP contribution in [0.25, 0.3) is 0 Å². The molecular weight excluding hydrogens is 222 g/mol. The monoisotopic (exact) mass is 233 g/mol. The lowest BCUT2D eigenvalue weighted by molar-refractivity contribution is 0.0697. The van der Waals surface area contributed by atoms with Gasteiger partial charge in [0.15, 0.2) is 0 Å². The Morgan fingerprint density at radius 1 is 1.59 bits per heavy atom. The highest BCUT2D eigenvalue weighted by atomic mass is 16.5. The zero-order valence-corrected chi connectivity index (χ0v) is 9.17. The number of carboxylic acid groups (broad SMARTS) is 1. The van der Waals surface area contributed by atoms with Crippen molar-refractivity contribution in [2.24, 2.45) is 0 Å². The number of aryl methyl sites for hydroxylation is 1. The van der Waals surface area contributed by atoms with E-state index in [1.807, 2.05) is 0 Å². The van der Waals surface area contributed by atoms with Crippen molar-refractivity contribution >= 4 is 11.7 Å². The van der Waals surface area contributed by atoms with Gasteiger partial charge < -0.3 is 14.9 Å². The number of nitrogens with one attached hydrogen (secondary N) is 1. The molecular formula is C11H11N3O3. The standard InChI is InChI=1S/C11H11N3O3/c1-7-4-10(9(6-12-7)11(15)16)13-5-8-2-3-17-14-8/h2-4,6H,5H2,1H3,(H,12,13)(H,15,16). The van der Waals surface area contributed by atoms with Crippen LogP contribution in [0.1, 0.15) is 21.7 Å². The largest absolute Gasteiger partial charge is 0.478 e. The number of hydrogen-bond donors (Lipinski definition) is 2. The van der Waals surface area contributed by atoms with Crippen molar-refractivity contribution in [3.63, 3.8) is 0 Å². The highest BCUT2D eigenvalue weighted by Gasteiger charge is 2.10. The van der Waals surface area contributed by atoms with E-state index in [9.17, 15) is 4.79 Å². The molecule has 0 amide bonds. The zero-order valence-electron chi connectivity index (χ0n) is 9.17. The summed E-state index contributed by atoms with van der Waals surface area (Å²) in [6.45, 7) is 2.20. The summed E-state index contributed by atoms with van der Waals surface area (Å²) in [5.74, 6) is -1.01. The van der Waals surface area contributed by atoms with Crippen molar-refractivity contribution < 1.29 is 14.4 Å². The number of aromatic carboxylic acids is 1. The first kappa shape index (κ1) is 11.1. The number of carboxylic acids is 1. The molecule has 6 heteroatoms. The third-order valence-corrected chi connectivity index (χ3v) is 2.22. The van der Waals surface area contributed by atoms with Crippen LogP contribution in [-0.4, -0.2) is 21.2 Å². The van der Waals surface area contributed by atoms with E-state index in [2.05, 4.69) is 20.0 Å². The van der Waals surface area contributed by atoms with E-state index in [0.717, 1.165) is 5.69 Å². The molecule has 88 valence electrons. The van der Waals surface area contributed by atoms with Gasteiger partial charge in [0.25, 0.3) is 0 Å². The first-order chi connectivity index (χ1) is 8.16. The van der Waals surface area contributed by atoms with Crippen LogP contribution in [0, 0.1) is 6.92 Å². The molecule has 0 aliphatic carbocycles. The van der Waals surface area contributed by atoms with Gasteiger partial charge in [-0.05, 0) is 13.0 Å². The third kappa shape index (κ3) is 2.60. The molecule has 2 heterocycles. The highest BCUT2D eigenvalue weighted by Crippen LogP contribution is 2.16. The van der Waals surface area contributed by atoms with Gasteiger partial charge >= 0.3 is 5.97 Å². The van der Waals surface area contributed by atoms with Crippen LogP contribution in [0.2, 0.25) is 0 Å². The van der Waals surface area contributed by atoms with Crippen LogP contribution in [0.5, 0.6) is 0 Å². The fraction of sp³-hybridized carbons (Fsp3) is 0.182. The lowest BCUT2D eigenvalue weighted by Crippen LogP contribution is -2.07. The van der Waals surface area contributed by atoms with Crippen LogP contribution in [0.4, 0.5) is 5.69 Å². The summed E-state index contributed by atoms with van der Waals surface area (Å²) in [5.41, 5.74) is 2.11. The van der Waals surface area contributed by atoms with Crippen molar-refractivity contribution in [2.75, 3.05) is 5.32 Å². The minimum atomic E-state index is -1.01. The molecule has 0 saturated carbocycles. The summed E-state index contributed by atoms with van der Waals surface area (Å²) in [4.78, 5) is 14.9. The highest BCUT2D eigenvalue weighted by molar-refractivity contribution is 5.93. The van der Waals surface area contributed by atoms with Crippen molar-refractivity contribution in [1.29, 1.82) is 0 Å². The average molecular weight is 233 g/mol. The molecule has 0 radical (unpaired) electrons. The van der Waals surface area contributed by atoms with Gasteiger partial charge in [0, 0.05) is 18.0 Å². The molecule has 0 aliphatic rings. The molecule has 0 aliphatic heterocycles. The van der Waals surface area contributed by atoms with E-state index in [1.165, 1.54) is 12.5 Å². The minimum Gasteiger partial charge on any atom is -0.478 e. The fourth-order valence-corrected chi connectivity index (χ4v) is 1.39. The van der Waals surface area contributed by atoms with Crippen LogP contribution >= 0.6 is 0 Å². The molecule has 6 nitrogen and oxygen atoms in total. The van der Waals surface area contributed by atoms with E-state index >= 15 is 0 Å². The van der Waals surface area contributed by atoms with E-state index in [0.29, 0.717) is 17.9 Å². The SMILES string of the molecule is Cc1cc(NCc2ccon2)c(C(=O)O)cn1. The van der Waals surface area contributed by atoms with Gasteiger partial charge in [-0.3, -0.25) is 4.98 Å². The molecule has 0 unspecified atom stereocenters. The van der Waals surface area contributed by atoms with Gasteiger partial charge in [-0.1, -0.05) is 5.16 Å². The summed E-state index contributed by atoms with van der Waals surface area (Å²) >= 11 is 0. The average Bonchev–Trinajstić information content (AvgIpc) is 2.78. The fourth-order valence-electron chi connectivity index (χ4n) is 1.39. The predicted octanol–water partition coefficient (Wildman–Crippen LogP) is 1.69. The predicted molar refractivity (Wildman–Crippen MR) is 59.8 cm³/mol. The Morgan fingerprint density at radius 3 is 3.06 bits per heavy atom. The van der Waals surface area contributed by atoms with Gasteiger partial charge in [0.2, 0.25) is 0 Å². The number of pyridine rings is 1. The Morgan fingerprint density at radius 2 is 2.41 bits per heavy atom. The van der Waals surface area contributed by atoms with Crippen LogP contribution < -0.4 is 5.32 Å². The number of aromatic nitrogens is 2. The molecule has 0 spiro atoms. The molecule has 17 heavy (non-hydrogen) atoms. The molecule has 0 fully saturated rings. The maximum Gasteiger partial charge on any atom is 0.339 e. The Balaban J connectivity index is 2.19. The van der Waals surface area contributed by atoms with Gasteiger partial charge in [-0.15, -0.1) is 0 Å². The smallest absolute Gasteiger partial charge is 0.339 e. The summed E-state index contributed by atoms with van der Waals surface area (Å²) in [6.07, 6.45) is 2.80. The summed E-state index contributed by atoms with van der Waals surface area (Å²) in [6, 6.07) is 3.39. The van der Waals surface area contributed by atoms with Crippen molar-refractivity contribution in [2.45, 2.75) is 13.5 Å². The number of hydrogen-bond acceptors (Lipinski definition) is 5. The van der Waals surface area contributed by atoms with Gasteiger partial charge in [-0.25, -0.2) is 4.79 Å². The molecule has 0 bridgehead atoms. The Hall–Kier alpha value is -2.37. The van der Waals surface area contributed by atoms with E-state index in [-0.39, 0.29) is 5.56 Å². The topological polar surface area (TPSA) is 88.2 Å². The number of anilines is 1. The van der Waals surface area contributed by atoms with E-state index in [1.54, 1.807) is 19.1 Å². The summed E-state index contributed by atoms with van der Waals surface area (Å²) < 4.78 is 4.69. The second-order valence-electron chi connectivity index (χ2n) is 3.52. The number of rotatable bonds is 4. The van der Waals surface area contributed by atoms with Crippen LogP contribution in [0.15, 0.2) is 29.1 Å². The maximum absolute atomic E-state index is 11.0. The number of carbonyl (C=O) groups is 1. The van der Waals surface area contributed by atoms with Crippen LogP contribution in [-0.2, 0) is 6.54 Å². The zero-order chi connectivity index (χ0) is 12.3. The molecule has 0 aromatic carbocycles. The maximum atomic E-state index is 11.0. The molecule has 2 N–H and O–H groups in total. The van der Waals surface area contributed by atoms with Crippen molar-refractivity contribution in [3.05, 3.63) is 41.5 Å². The molecule has 0 saturated heterocycles. The second-order valence-corrected chi connectivity index (χ2v) is 3.52. The van der Waals surface area contributed by atoms with Crippen molar-refractivity contribution in [3.8, 4) is 0 Å². The van der Waals surface area contributed by atoms with E-state index < -0.39 is 5.97 Å². The van der Waals surface area contributed by atoms with Gasteiger partial charge in [0.05, 0.1) is 12.2 Å². The Kier molecular flexibility index (Phi) is 3.04. The first-order valence-electron chi connectivity index (χ1n) is 5.00. The molecule has 2 rings (SSSR count). The minimum absolute atomic E-state index is 0.138. The summed E-state index contributed by atoms with van der Waals surface area (Å²) in [7, 11) is 0. The van der Waals surface area contributed by atoms with Gasteiger partial charge in [-0.2, -0.15) is 0 Å². The third-order valence-electron chi connectivity index (χ3n) is 2.22. The second kappa shape index (κ2) is 4.65. The Bertz CT molecular complexity index is 523. The van der Waals surface area contributed by atoms with Crippen LogP contribution in [0.3, 0.4) is 0 Å². The van der Waals surface area contributed by atoms with Crippen molar-refractivity contribution in [1.82, 2.24) is 10.1 Å². The molecule has 2 aromatic rings. The number of nitrogens with zero attached hydrogens (tertiary/aromatic N) is 2. The Labute approximate surface area is 97.3 Å². The molecule has 2 aromatic heterocycles. The summed E-state index contributed by atoms with van der Waals surface area (Å²) in [5, 5.41) is 15.7. The quantitative estimate of drug-likeness (QED) is 0.835. The lowest BCUT2D eigenvalue weighted by atomic mass is 10.2.